The zero-order valence-electron chi connectivity index (χ0n) is 11.7. The molecule has 0 saturated carbocycles. The van der Waals surface area contributed by atoms with Gasteiger partial charge in [-0.2, -0.15) is 0 Å². The monoisotopic (exact) mass is 286 g/mol. The van der Waals surface area contributed by atoms with Crippen molar-refractivity contribution in [2.24, 2.45) is 0 Å². The lowest BCUT2D eigenvalue weighted by atomic mass is 10.1. The molecule has 1 aliphatic rings. The minimum Gasteiger partial charge on any atom is -0.363 e. The molecule has 2 aromatic carbocycles. The van der Waals surface area contributed by atoms with Crippen molar-refractivity contribution >= 4 is 17.3 Å². The van der Waals surface area contributed by atoms with Crippen LogP contribution < -0.4 is 10.2 Å². The zero-order chi connectivity index (χ0) is 13.9. The number of hydrogen-bond acceptors (Lipinski definition) is 2. The van der Waals surface area contributed by atoms with E-state index in [1.54, 1.807) is 0 Å². The maximum atomic E-state index is 6.15. The molecule has 3 heteroatoms. The van der Waals surface area contributed by atoms with Gasteiger partial charge < -0.3 is 10.2 Å². The second-order valence-corrected chi connectivity index (χ2v) is 5.61. The van der Waals surface area contributed by atoms with Crippen molar-refractivity contribution in [1.29, 1.82) is 0 Å². The maximum Gasteiger partial charge on any atom is 0.0436 e. The van der Waals surface area contributed by atoms with E-state index in [0.29, 0.717) is 0 Å². The number of benzene rings is 2. The standard InChI is InChI=1S/C17H19ClN2/c1-2-19-10-15-9-16(18)7-8-17(15)20-11-13-5-3-4-6-14(13)12-20/h3-9,19H,2,10-12H2,1H3. The van der Waals surface area contributed by atoms with Crippen LogP contribution in [0, 0.1) is 0 Å². The van der Waals surface area contributed by atoms with E-state index in [1.165, 1.54) is 22.4 Å². The number of anilines is 1. The van der Waals surface area contributed by atoms with Gasteiger partial charge in [-0.25, -0.2) is 0 Å². The van der Waals surface area contributed by atoms with Gasteiger partial charge in [0.25, 0.3) is 0 Å². The molecule has 2 nitrogen and oxygen atoms in total. The van der Waals surface area contributed by atoms with E-state index in [1.807, 2.05) is 6.07 Å². The third kappa shape index (κ3) is 2.67. The maximum absolute atomic E-state index is 6.15. The fourth-order valence-electron chi connectivity index (χ4n) is 2.77. The molecule has 2 aromatic rings. The van der Waals surface area contributed by atoms with E-state index in [-0.39, 0.29) is 0 Å². The lowest BCUT2D eigenvalue weighted by Gasteiger charge is -2.22. The molecule has 104 valence electrons. The molecule has 0 spiro atoms. The normalized spacial score (nSPS) is 13.6. The van der Waals surface area contributed by atoms with Crippen LogP contribution in [0.4, 0.5) is 5.69 Å². The van der Waals surface area contributed by atoms with Crippen LogP contribution in [-0.2, 0) is 19.6 Å². The van der Waals surface area contributed by atoms with Crippen LogP contribution in [0.15, 0.2) is 42.5 Å². The molecule has 1 N–H and O–H groups in total. The molecule has 0 amide bonds. The first kappa shape index (κ1) is 13.5. The molecule has 0 aromatic heterocycles. The van der Waals surface area contributed by atoms with Crippen LogP contribution in [0.3, 0.4) is 0 Å². The number of rotatable bonds is 4. The number of nitrogens with zero attached hydrogens (tertiary/aromatic N) is 1. The van der Waals surface area contributed by atoms with E-state index in [4.69, 9.17) is 11.6 Å². The topological polar surface area (TPSA) is 15.3 Å². The molecule has 1 aliphatic heterocycles. The molecule has 0 fully saturated rings. The van der Waals surface area contributed by atoms with Crippen LogP contribution in [0.2, 0.25) is 5.02 Å². The third-order valence-corrected chi connectivity index (χ3v) is 4.02. The van der Waals surface area contributed by atoms with Gasteiger partial charge in [0, 0.05) is 30.3 Å². The number of halogens is 1. The average molecular weight is 287 g/mol. The summed E-state index contributed by atoms with van der Waals surface area (Å²) in [6.07, 6.45) is 0. The highest BCUT2D eigenvalue weighted by atomic mass is 35.5. The molecule has 0 atom stereocenters. The Morgan fingerprint density at radius 1 is 1.10 bits per heavy atom. The Bertz CT molecular complexity index is 585. The van der Waals surface area contributed by atoms with Crippen molar-refractivity contribution in [2.75, 3.05) is 11.4 Å². The zero-order valence-corrected chi connectivity index (χ0v) is 12.5. The summed E-state index contributed by atoms with van der Waals surface area (Å²) < 4.78 is 0. The lowest BCUT2D eigenvalue weighted by Crippen LogP contribution is -2.19. The molecular formula is C17H19ClN2. The van der Waals surface area contributed by atoms with E-state index in [0.717, 1.165) is 31.2 Å². The fraction of sp³-hybridized carbons (Fsp3) is 0.294. The Balaban J connectivity index is 1.88. The van der Waals surface area contributed by atoms with E-state index in [9.17, 15) is 0 Å². The van der Waals surface area contributed by atoms with Gasteiger partial charge in [-0.3, -0.25) is 0 Å². The number of fused-ring (bicyclic) bond motifs is 1. The first-order valence-electron chi connectivity index (χ1n) is 7.09. The van der Waals surface area contributed by atoms with Crippen molar-refractivity contribution in [3.63, 3.8) is 0 Å². The smallest absolute Gasteiger partial charge is 0.0436 e. The van der Waals surface area contributed by atoms with Crippen LogP contribution in [-0.4, -0.2) is 6.54 Å². The molecule has 0 unspecified atom stereocenters. The van der Waals surface area contributed by atoms with Crippen LogP contribution in [0.5, 0.6) is 0 Å². The van der Waals surface area contributed by atoms with Gasteiger partial charge in [0.2, 0.25) is 0 Å². The summed E-state index contributed by atoms with van der Waals surface area (Å²) in [5, 5.41) is 4.20. The fourth-order valence-corrected chi connectivity index (χ4v) is 2.96. The molecule has 0 bridgehead atoms. The second kappa shape index (κ2) is 5.86. The minimum atomic E-state index is 0.804. The highest BCUT2D eigenvalue weighted by Crippen LogP contribution is 2.32. The predicted octanol–water partition coefficient (Wildman–Crippen LogP) is 3.97. The van der Waals surface area contributed by atoms with Gasteiger partial charge in [-0.05, 0) is 41.4 Å². The Morgan fingerprint density at radius 3 is 2.45 bits per heavy atom. The molecule has 0 aliphatic carbocycles. The summed E-state index contributed by atoms with van der Waals surface area (Å²) in [5.41, 5.74) is 5.41. The van der Waals surface area contributed by atoms with Gasteiger partial charge in [0.1, 0.15) is 0 Å². The first-order chi connectivity index (χ1) is 9.78. The highest BCUT2D eigenvalue weighted by molar-refractivity contribution is 6.30. The van der Waals surface area contributed by atoms with E-state index in [2.05, 4.69) is 53.5 Å². The van der Waals surface area contributed by atoms with E-state index < -0.39 is 0 Å². The SMILES string of the molecule is CCNCc1cc(Cl)ccc1N1Cc2ccccc2C1. The molecular weight excluding hydrogens is 268 g/mol. The molecule has 3 rings (SSSR count). The summed E-state index contributed by atoms with van der Waals surface area (Å²) in [6, 6.07) is 14.9. The van der Waals surface area contributed by atoms with Crippen LogP contribution in [0.25, 0.3) is 0 Å². The molecule has 0 radical (unpaired) electrons. The third-order valence-electron chi connectivity index (χ3n) is 3.79. The summed E-state index contributed by atoms with van der Waals surface area (Å²) in [4.78, 5) is 2.42. The minimum absolute atomic E-state index is 0.804. The quantitative estimate of drug-likeness (QED) is 0.915. The van der Waals surface area contributed by atoms with Gasteiger partial charge in [0.05, 0.1) is 0 Å². The predicted molar refractivity (Wildman–Crippen MR) is 85.2 cm³/mol. The molecule has 20 heavy (non-hydrogen) atoms. The molecule has 1 heterocycles. The highest BCUT2D eigenvalue weighted by Gasteiger charge is 2.20. The Kier molecular flexibility index (Phi) is 3.95. The van der Waals surface area contributed by atoms with Gasteiger partial charge in [0.15, 0.2) is 0 Å². The summed E-state index contributed by atoms with van der Waals surface area (Å²) in [6.45, 7) is 5.91. The van der Waals surface area contributed by atoms with Crippen LogP contribution >= 0.6 is 11.6 Å². The number of hydrogen-bond donors (Lipinski definition) is 1. The van der Waals surface area contributed by atoms with Crippen molar-refractivity contribution in [2.45, 2.75) is 26.6 Å². The van der Waals surface area contributed by atoms with Gasteiger partial charge in [-0.15, -0.1) is 0 Å². The lowest BCUT2D eigenvalue weighted by molar-refractivity contribution is 0.721. The van der Waals surface area contributed by atoms with Crippen molar-refractivity contribution in [1.82, 2.24) is 5.32 Å². The summed E-state index contributed by atoms with van der Waals surface area (Å²) in [5.74, 6) is 0. The van der Waals surface area contributed by atoms with E-state index >= 15 is 0 Å². The largest absolute Gasteiger partial charge is 0.363 e. The van der Waals surface area contributed by atoms with Crippen molar-refractivity contribution in [3.8, 4) is 0 Å². The first-order valence-corrected chi connectivity index (χ1v) is 7.46. The van der Waals surface area contributed by atoms with Crippen LogP contribution in [0.1, 0.15) is 23.6 Å². The summed E-state index contributed by atoms with van der Waals surface area (Å²) >= 11 is 6.15. The van der Waals surface area contributed by atoms with Gasteiger partial charge >= 0.3 is 0 Å². The molecule has 0 saturated heterocycles. The Morgan fingerprint density at radius 2 is 1.80 bits per heavy atom. The Hall–Kier alpha value is -1.51. The number of nitrogens with one attached hydrogen (secondary N) is 1. The average Bonchev–Trinajstić information content (AvgIpc) is 2.88. The summed E-state index contributed by atoms with van der Waals surface area (Å²) in [7, 11) is 0. The van der Waals surface area contributed by atoms with Gasteiger partial charge in [-0.1, -0.05) is 42.8 Å². The second-order valence-electron chi connectivity index (χ2n) is 5.18. The Labute approximate surface area is 125 Å². The van der Waals surface area contributed by atoms with Crippen molar-refractivity contribution < 1.29 is 0 Å². The van der Waals surface area contributed by atoms with Crippen molar-refractivity contribution in [3.05, 3.63) is 64.2 Å².